The Bertz CT molecular complexity index is 715. The van der Waals surface area contributed by atoms with Crippen LogP contribution < -0.4 is 16.4 Å². The molecule has 0 radical (unpaired) electrons. The van der Waals surface area contributed by atoms with Gasteiger partial charge in [0.05, 0.1) is 4.90 Å². The van der Waals surface area contributed by atoms with E-state index in [4.69, 9.17) is 5.73 Å². The summed E-state index contributed by atoms with van der Waals surface area (Å²) in [6.07, 6.45) is 7.51. The lowest BCUT2D eigenvalue weighted by Crippen LogP contribution is -2.36. The van der Waals surface area contributed by atoms with Crippen LogP contribution in [0.1, 0.15) is 48.9 Å². The molecule has 2 amide bonds. The first-order valence-corrected chi connectivity index (χ1v) is 10.7. The first kappa shape index (κ1) is 23.4. The summed E-state index contributed by atoms with van der Waals surface area (Å²) in [6.45, 7) is 1.22. The lowest BCUT2D eigenvalue weighted by atomic mass is 10.1. The number of sulfone groups is 1. The highest BCUT2D eigenvalue weighted by Crippen LogP contribution is 2.17. The predicted molar refractivity (Wildman–Crippen MR) is 107 cm³/mol. The number of hydrogen-bond acceptors (Lipinski definition) is 5. The van der Waals surface area contributed by atoms with Gasteiger partial charge in [0, 0.05) is 24.7 Å². The lowest BCUT2D eigenvalue weighted by molar-refractivity contribution is -0.115. The summed E-state index contributed by atoms with van der Waals surface area (Å²) >= 11 is 0. The summed E-state index contributed by atoms with van der Waals surface area (Å²) in [7, 11) is -3.75. The fourth-order valence-electron chi connectivity index (χ4n) is 3.12. The third-order valence-electron chi connectivity index (χ3n) is 4.51. The first-order valence-electron chi connectivity index (χ1n) is 9.01. The second-order valence-electron chi connectivity index (χ2n) is 6.65. The van der Waals surface area contributed by atoms with Gasteiger partial charge in [-0.05, 0) is 37.1 Å². The Morgan fingerprint density at radius 1 is 1.00 bits per heavy atom. The normalized spacial score (nSPS) is 15.4. The zero-order valence-electron chi connectivity index (χ0n) is 15.3. The van der Waals surface area contributed by atoms with Gasteiger partial charge in [-0.1, -0.05) is 25.7 Å². The van der Waals surface area contributed by atoms with Gasteiger partial charge in [0.2, 0.25) is 5.91 Å². The van der Waals surface area contributed by atoms with E-state index in [1.807, 2.05) is 0 Å². The standard InChI is InChI=1S/C18H27N3O4S.ClH/c19-17(22)13-26(24,25)16-9-7-14(8-10-16)18(23)21-12-11-20-15-5-3-1-2-4-6-15;/h7-10,15,20H,1-6,11-13H2,(H2,19,22)(H,21,23);1H. The molecule has 2 rings (SSSR count). The fourth-order valence-corrected chi connectivity index (χ4v) is 4.21. The van der Waals surface area contributed by atoms with Crippen LogP contribution in [-0.2, 0) is 14.6 Å². The SMILES string of the molecule is Cl.NC(=O)CS(=O)(=O)c1ccc(C(=O)NCCNC2CCCCCC2)cc1. The summed E-state index contributed by atoms with van der Waals surface area (Å²) in [5.74, 6) is -1.91. The van der Waals surface area contributed by atoms with Gasteiger partial charge in [0.15, 0.2) is 9.84 Å². The van der Waals surface area contributed by atoms with Crippen molar-refractivity contribution in [2.45, 2.75) is 49.5 Å². The van der Waals surface area contributed by atoms with Crippen molar-refractivity contribution in [2.24, 2.45) is 5.73 Å². The van der Waals surface area contributed by atoms with Crippen molar-refractivity contribution in [3.63, 3.8) is 0 Å². The molecule has 1 aromatic carbocycles. The van der Waals surface area contributed by atoms with Gasteiger partial charge < -0.3 is 16.4 Å². The monoisotopic (exact) mass is 417 g/mol. The molecule has 0 saturated heterocycles. The van der Waals surface area contributed by atoms with Crippen molar-refractivity contribution in [1.29, 1.82) is 0 Å². The third-order valence-corrected chi connectivity index (χ3v) is 6.16. The number of rotatable bonds is 8. The van der Waals surface area contributed by atoms with Crippen LogP contribution in [0.5, 0.6) is 0 Å². The number of carbonyl (C=O) groups is 2. The molecule has 4 N–H and O–H groups in total. The zero-order chi connectivity index (χ0) is 19.0. The Morgan fingerprint density at radius 2 is 1.59 bits per heavy atom. The topological polar surface area (TPSA) is 118 Å². The van der Waals surface area contributed by atoms with Gasteiger partial charge in [-0.25, -0.2) is 8.42 Å². The van der Waals surface area contributed by atoms with Crippen molar-refractivity contribution >= 4 is 34.1 Å². The smallest absolute Gasteiger partial charge is 0.251 e. The molecule has 0 aromatic heterocycles. The average Bonchev–Trinajstić information content (AvgIpc) is 2.86. The number of carbonyl (C=O) groups excluding carboxylic acids is 2. The number of benzene rings is 1. The van der Waals surface area contributed by atoms with Gasteiger partial charge in [-0.2, -0.15) is 0 Å². The Hall–Kier alpha value is -1.64. The van der Waals surface area contributed by atoms with E-state index in [0.717, 1.165) is 0 Å². The highest BCUT2D eigenvalue weighted by atomic mass is 35.5. The molecule has 7 nitrogen and oxygen atoms in total. The van der Waals surface area contributed by atoms with E-state index in [-0.39, 0.29) is 23.2 Å². The van der Waals surface area contributed by atoms with Crippen LogP contribution in [0.4, 0.5) is 0 Å². The summed E-state index contributed by atoms with van der Waals surface area (Å²) < 4.78 is 23.8. The van der Waals surface area contributed by atoms with Crippen LogP contribution >= 0.6 is 12.4 Å². The zero-order valence-corrected chi connectivity index (χ0v) is 16.9. The molecular formula is C18H28ClN3O4S. The number of nitrogens with one attached hydrogen (secondary N) is 2. The Morgan fingerprint density at radius 3 is 2.15 bits per heavy atom. The molecule has 152 valence electrons. The molecular weight excluding hydrogens is 390 g/mol. The minimum Gasteiger partial charge on any atom is -0.369 e. The molecule has 0 unspecified atom stereocenters. The van der Waals surface area contributed by atoms with Gasteiger partial charge >= 0.3 is 0 Å². The number of primary amides is 1. The maximum absolute atomic E-state index is 12.1. The van der Waals surface area contributed by atoms with Crippen LogP contribution in [-0.4, -0.2) is 45.1 Å². The van der Waals surface area contributed by atoms with Gasteiger partial charge in [-0.15, -0.1) is 12.4 Å². The van der Waals surface area contributed by atoms with Gasteiger partial charge in [0.25, 0.3) is 5.91 Å². The van der Waals surface area contributed by atoms with E-state index in [1.54, 1.807) is 0 Å². The van der Waals surface area contributed by atoms with E-state index < -0.39 is 21.5 Å². The largest absolute Gasteiger partial charge is 0.369 e. The van der Waals surface area contributed by atoms with Crippen molar-refractivity contribution < 1.29 is 18.0 Å². The fraction of sp³-hybridized carbons (Fsp3) is 0.556. The Kier molecular flexibility index (Phi) is 9.76. The third kappa shape index (κ3) is 7.86. The molecule has 0 bridgehead atoms. The summed E-state index contributed by atoms with van der Waals surface area (Å²) in [6, 6.07) is 6.03. The predicted octanol–water partition coefficient (Wildman–Crippen LogP) is 1.41. The van der Waals surface area contributed by atoms with E-state index >= 15 is 0 Å². The molecule has 27 heavy (non-hydrogen) atoms. The summed E-state index contributed by atoms with van der Waals surface area (Å²) in [4.78, 5) is 22.9. The van der Waals surface area contributed by atoms with Crippen molar-refractivity contribution in [3.8, 4) is 0 Å². The van der Waals surface area contributed by atoms with Crippen LogP contribution in [0.25, 0.3) is 0 Å². The molecule has 9 heteroatoms. The average molecular weight is 418 g/mol. The number of nitrogens with two attached hydrogens (primary N) is 1. The molecule has 0 aliphatic heterocycles. The van der Waals surface area contributed by atoms with Crippen molar-refractivity contribution in [3.05, 3.63) is 29.8 Å². The second kappa shape index (κ2) is 11.3. The van der Waals surface area contributed by atoms with Gasteiger partial charge in [0.1, 0.15) is 5.75 Å². The molecule has 1 fully saturated rings. The van der Waals surface area contributed by atoms with E-state index in [0.29, 0.717) is 24.7 Å². The van der Waals surface area contributed by atoms with Crippen molar-refractivity contribution in [2.75, 3.05) is 18.8 Å². The maximum Gasteiger partial charge on any atom is 0.251 e. The van der Waals surface area contributed by atoms with E-state index in [9.17, 15) is 18.0 Å². The first-order chi connectivity index (χ1) is 12.4. The summed E-state index contributed by atoms with van der Waals surface area (Å²) in [5.41, 5.74) is 5.31. The Labute approximate surface area is 166 Å². The number of amides is 2. The van der Waals surface area contributed by atoms with Crippen LogP contribution in [0, 0.1) is 0 Å². The maximum atomic E-state index is 12.1. The molecule has 1 saturated carbocycles. The van der Waals surface area contributed by atoms with Crippen LogP contribution in [0.2, 0.25) is 0 Å². The number of halogens is 1. The molecule has 0 spiro atoms. The highest BCUT2D eigenvalue weighted by Gasteiger charge is 2.18. The Balaban J connectivity index is 0.00000364. The molecule has 1 aromatic rings. The number of hydrogen-bond donors (Lipinski definition) is 3. The summed E-state index contributed by atoms with van der Waals surface area (Å²) in [5, 5.41) is 6.30. The molecule has 1 aliphatic rings. The van der Waals surface area contributed by atoms with Crippen molar-refractivity contribution in [1.82, 2.24) is 10.6 Å². The van der Waals surface area contributed by atoms with E-state index in [2.05, 4.69) is 10.6 Å². The minimum atomic E-state index is -3.75. The second-order valence-corrected chi connectivity index (χ2v) is 8.64. The molecule has 0 heterocycles. The van der Waals surface area contributed by atoms with E-state index in [1.165, 1.54) is 62.8 Å². The molecule has 0 atom stereocenters. The molecule has 1 aliphatic carbocycles. The lowest BCUT2D eigenvalue weighted by Gasteiger charge is -2.16. The van der Waals surface area contributed by atoms with Crippen LogP contribution in [0.15, 0.2) is 29.2 Å². The highest BCUT2D eigenvalue weighted by molar-refractivity contribution is 7.92. The quantitative estimate of drug-likeness (QED) is 0.436. The minimum absolute atomic E-state index is 0. The van der Waals surface area contributed by atoms with Gasteiger partial charge in [-0.3, -0.25) is 9.59 Å². The van der Waals surface area contributed by atoms with Crippen LogP contribution in [0.3, 0.4) is 0 Å².